The molecule has 0 saturated heterocycles. The molecule has 1 atom stereocenters. The second-order valence-corrected chi connectivity index (χ2v) is 5.60. The number of amides is 1. The molecule has 7 nitrogen and oxygen atoms in total. The van der Waals surface area contributed by atoms with Crippen LogP contribution in [-0.4, -0.2) is 21.9 Å². The van der Waals surface area contributed by atoms with Gasteiger partial charge in [-0.2, -0.15) is 0 Å². The number of carbonyl (C=O) groups excluding carboxylic acids is 1. The Kier molecular flexibility index (Phi) is 3.76. The number of hydrogen-bond acceptors (Lipinski definition) is 4. The number of benzene rings is 2. The van der Waals surface area contributed by atoms with Gasteiger partial charge in [0, 0.05) is 11.8 Å². The Labute approximate surface area is 137 Å². The number of nitro groups is 1. The molecule has 0 bridgehead atoms. The second kappa shape index (κ2) is 5.77. The molecule has 1 aliphatic rings. The van der Waals surface area contributed by atoms with E-state index in [9.17, 15) is 19.7 Å². The van der Waals surface area contributed by atoms with Gasteiger partial charge in [0.1, 0.15) is 0 Å². The number of aliphatic carboxylic acids is 1. The lowest BCUT2D eigenvalue weighted by Crippen LogP contribution is -2.23. The van der Waals surface area contributed by atoms with E-state index in [1.807, 2.05) is 0 Å². The van der Waals surface area contributed by atoms with E-state index in [1.165, 1.54) is 17.0 Å². The zero-order valence-electron chi connectivity index (χ0n) is 12.8. The van der Waals surface area contributed by atoms with Gasteiger partial charge in [0.05, 0.1) is 28.5 Å². The van der Waals surface area contributed by atoms with E-state index in [2.05, 4.69) is 0 Å². The third kappa shape index (κ3) is 2.50. The summed E-state index contributed by atoms with van der Waals surface area (Å²) in [6.07, 6.45) is 0. The van der Waals surface area contributed by atoms with Gasteiger partial charge in [-0.3, -0.25) is 19.7 Å². The molecule has 2 aromatic rings. The quantitative estimate of drug-likeness (QED) is 0.687. The predicted octanol–water partition coefficient (Wildman–Crippen LogP) is 2.94. The highest BCUT2D eigenvalue weighted by Crippen LogP contribution is 2.34. The van der Waals surface area contributed by atoms with Crippen molar-refractivity contribution >= 4 is 23.3 Å². The first-order valence-corrected chi connectivity index (χ1v) is 7.31. The molecule has 2 aromatic carbocycles. The van der Waals surface area contributed by atoms with Gasteiger partial charge in [0.15, 0.2) is 0 Å². The number of nitro benzene ring substituents is 1. The number of carboxylic acids is 1. The van der Waals surface area contributed by atoms with Gasteiger partial charge >= 0.3 is 5.97 Å². The van der Waals surface area contributed by atoms with Gasteiger partial charge in [-0.05, 0) is 30.7 Å². The van der Waals surface area contributed by atoms with Gasteiger partial charge in [-0.1, -0.05) is 18.2 Å². The van der Waals surface area contributed by atoms with Crippen LogP contribution in [0.3, 0.4) is 0 Å². The fourth-order valence-corrected chi connectivity index (χ4v) is 2.78. The lowest BCUT2D eigenvalue weighted by Gasteiger charge is -2.16. The van der Waals surface area contributed by atoms with Crippen molar-refractivity contribution in [1.29, 1.82) is 0 Å². The first kappa shape index (κ1) is 15.7. The highest BCUT2D eigenvalue weighted by molar-refractivity contribution is 6.10. The van der Waals surface area contributed by atoms with E-state index < -0.39 is 16.8 Å². The topological polar surface area (TPSA) is 101 Å². The van der Waals surface area contributed by atoms with Crippen LogP contribution in [-0.2, 0) is 11.3 Å². The number of rotatable bonds is 4. The predicted molar refractivity (Wildman–Crippen MR) is 86.1 cm³/mol. The summed E-state index contributed by atoms with van der Waals surface area (Å²) in [4.78, 5) is 35.6. The van der Waals surface area contributed by atoms with E-state index in [-0.39, 0.29) is 18.1 Å². The summed E-state index contributed by atoms with van der Waals surface area (Å²) in [5.41, 5.74) is 1.86. The highest BCUT2D eigenvalue weighted by atomic mass is 16.6. The van der Waals surface area contributed by atoms with Crippen LogP contribution < -0.4 is 4.90 Å². The third-order valence-corrected chi connectivity index (χ3v) is 4.21. The van der Waals surface area contributed by atoms with Crippen LogP contribution in [0.1, 0.15) is 34.3 Å². The lowest BCUT2D eigenvalue weighted by molar-refractivity contribution is -0.385. The van der Waals surface area contributed by atoms with Crippen molar-refractivity contribution in [1.82, 2.24) is 0 Å². The van der Waals surface area contributed by atoms with Crippen molar-refractivity contribution in [3.63, 3.8) is 0 Å². The molecule has 24 heavy (non-hydrogen) atoms. The second-order valence-electron chi connectivity index (χ2n) is 5.60. The number of fused-ring (bicyclic) bond motifs is 1. The van der Waals surface area contributed by atoms with Gasteiger partial charge < -0.3 is 10.0 Å². The van der Waals surface area contributed by atoms with E-state index >= 15 is 0 Å². The minimum atomic E-state index is -0.928. The molecule has 7 heteroatoms. The summed E-state index contributed by atoms with van der Waals surface area (Å²) < 4.78 is 0. The van der Waals surface area contributed by atoms with Gasteiger partial charge in [-0.25, -0.2) is 0 Å². The lowest BCUT2D eigenvalue weighted by atomic mass is 10.0. The molecular weight excluding hydrogens is 312 g/mol. The van der Waals surface area contributed by atoms with Crippen LogP contribution in [0.2, 0.25) is 0 Å². The average molecular weight is 326 g/mol. The van der Waals surface area contributed by atoms with Crippen molar-refractivity contribution in [3.8, 4) is 0 Å². The molecular formula is C17H14N2O5. The maximum absolute atomic E-state index is 12.5. The fourth-order valence-electron chi connectivity index (χ4n) is 2.78. The van der Waals surface area contributed by atoms with Crippen molar-refractivity contribution in [2.75, 3.05) is 4.90 Å². The molecule has 3 rings (SSSR count). The zero-order chi connectivity index (χ0) is 17.4. The minimum absolute atomic E-state index is 0.0699. The van der Waals surface area contributed by atoms with Crippen LogP contribution in [0.4, 0.5) is 11.4 Å². The Balaban J connectivity index is 1.92. The number of nitrogens with zero attached hydrogens (tertiary/aromatic N) is 2. The molecule has 0 aliphatic carbocycles. The van der Waals surface area contributed by atoms with Crippen LogP contribution in [0.25, 0.3) is 0 Å². The summed E-state index contributed by atoms with van der Waals surface area (Å²) in [6.45, 7) is 1.71. The number of carbonyl (C=O) groups is 2. The van der Waals surface area contributed by atoms with Gasteiger partial charge in [-0.15, -0.1) is 0 Å². The molecule has 1 N–H and O–H groups in total. The van der Waals surface area contributed by atoms with E-state index in [0.29, 0.717) is 22.4 Å². The summed E-state index contributed by atoms with van der Waals surface area (Å²) >= 11 is 0. The average Bonchev–Trinajstić information content (AvgIpc) is 2.91. The Morgan fingerprint density at radius 2 is 1.92 bits per heavy atom. The molecule has 0 spiro atoms. The molecule has 1 aliphatic heterocycles. The Morgan fingerprint density at radius 3 is 2.50 bits per heavy atom. The standard InChI is InChI=1S/C17H14N2O5/c1-10(17(21)22)11-5-7-12(8-6-11)18-9-14-13(16(18)20)3-2-4-15(14)19(23)24/h2-8,10H,9H2,1H3,(H,21,22). The van der Waals surface area contributed by atoms with E-state index in [1.54, 1.807) is 37.3 Å². The van der Waals surface area contributed by atoms with Crippen molar-refractivity contribution in [2.45, 2.75) is 19.4 Å². The van der Waals surface area contributed by atoms with E-state index in [0.717, 1.165) is 0 Å². The summed E-state index contributed by atoms with van der Waals surface area (Å²) in [7, 11) is 0. The smallest absolute Gasteiger partial charge is 0.310 e. The molecule has 1 heterocycles. The van der Waals surface area contributed by atoms with Crippen molar-refractivity contribution in [3.05, 3.63) is 69.3 Å². The van der Waals surface area contributed by atoms with Gasteiger partial charge in [0.25, 0.3) is 11.6 Å². The van der Waals surface area contributed by atoms with Crippen LogP contribution in [0.5, 0.6) is 0 Å². The Morgan fingerprint density at radius 1 is 1.25 bits per heavy atom. The number of anilines is 1. The SMILES string of the molecule is CC(C(=O)O)c1ccc(N2Cc3c(cccc3[N+](=O)[O-])C2=O)cc1. The van der Waals surface area contributed by atoms with E-state index in [4.69, 9.17) is 5.11 Å². The normalized spacial score (nSPS) is 14.4. The largest absolute Gasteiger partial charge is 0.481 e. The van der Waals surface area contributed by atoms with Crippen molar-refractivity contribution < 1.29 is 19.6 Å². The number of carboxylic acid groups (broad SMARTS) is 1. The van der Waals surface area contributed by atoms with Crippen LogP contribution in [0, 0.1) is 10.1 Å². The number of hydrogen-bond donors (Lipinski definition) is 1. The van der Waals surface area contributed by atoms with Gasteiger partial charge in [0.2, 0.25) is 0 Å². The molecule has 1 unspecified atom stereocenters. The molecule has 0 saturated carbocycles. The summed E-state index contributed by atoms with van der Waals surface area (Å²) in [5, 5.41) is 20.1. The van der Waals surface area contributed by atoms with Crippen LogP contribution in [0.15, 0.2) is 42.5 Å². The summed E-state index contributed by atoms with van der Waals surface area (Å²) in [6, 6.07) is 11.1. The molecule has 0 aromatic heterocycles. The molecule has 122 valence electrons. The van der Waals surface area contributed by atoms with Crippen LogP contribution >= 0.6 is 0 Å². The molecule has 0 fully saturated rings. The highest BCUT2D eigenvalue weighted by Gasteiger charge is 2.33. The Bertz CT molecular complexity index is 845. The van der Waals surface area contributed by atoms with Crippen molar-refractivity contribution in [2.24, 2.45) is 0 Å². The zero-order valence-corrected chi connectivity index (χ0v) is 12.8. The first-order valence-electron chi connectivity index (χ1n) is 7.31. The summed E-state index contributed by atoms with van der Waals surface area (Å²) in [5.74, 6) is -1.87. The third-order valence-electron chi connectivity index (χ3n) is 4.21. The fraction of sp³-hybridized carbons (Fsp3) is 0.176. The molecule has 0 radical (unpaired) electrons. The first-order chi connectivity index (χ1) is 11.4. The monoisotopic (exact) mass is 326 g/mol. The Hall–Kier alpha value is -3.22. The maximum atomic E-state index is 12.5. The maximum Gasteiger partial charge on any atom is 0.310 e. The minimum Gasteiger partial charge on any atom is -0.481 e. The molecule has 1 amide bonds.